The average molecular weight is 452 g/mol. The molecule has 0 aliphatic heterocycles. The Morgan fingerprint density at radius 1 is 0.750 bits per heavy atom. The van der Waals surface area contributed by atoms with Crippen LogP contribution >= 0.6 is 31.9 Å². The number of benzene rings is 2. The monoisotopic (exact) mass is 450 g/mol. The number of rotatable bonds is 2. The normalized spacial score (nSPS) is 33.8. The zero-order valence-corrected chi connectivity index (χ0v) is 16.4. The van der Waals surface area contributed by atoms with E-state index in [1.165, 1.54) is 0 Å². The molecule has 2 aromatic rings. The van der Waals surface area contributed by atoms with Crippen LogP contribution in [0.5, 0.6) is 0 Å². The van der Waals surface area contributed by atoms with E-state index >= 15 is 0 Å². The van der Waals surface area contributed by atoms with Gasteiger partial charge in [-0.1, -0.05) is 80.4 Å². The largest absolute Gasteiger partial charge is 0.367 e. The molecule has 0 radical (unpaired) electrons. The molecule has 124 valence electrons. The van der Waals surface area contributed by atoms with Crippen LogP contribution in [-0.4, -0.2) is 29.7 Å². The lowest BCUT2D eigenvalue weighted by Gasteiger charge is -2.46. The smallest absolute Gasteiger partial charge is 0.167 e. The number of halogens is 2. The van der Waals surface area contributed by atoms with Gasteiger partial charge in [-0.2, -0.15) is 0 Å². The molecule has 2 atom stereocenters. The third-order valence-electron chi connectivity index (χ3n) is 5.31. The topological polar surface area (TPSA) is 35.5 Å². The van der Waals surface area contributed by atoms with Gasteiger partial charge in [-0.15, -0.1) is 0 Å². The highest BCUT2D eigenvalue weighted by molar-refractivity contribution is 9.10. The molecule has 0 saturated carbocycles. The van der Waals surface area contributed by atoms with Crippen LogP contribution in [0, 0.1) is 0 Å². The zero-order valence-electron chi connectivity index (χ0n) is 13.3. The minimum absolute atomic E-state index is 0.00565. The van der Waals surface area contributed by atoms with Crippen molar-refractivity contribution in [2.75, 3.05) is 14.2 Å². The number of methoxy groups -OCH3 is 2. The predicted molar refractivity (Wildman–Crippen MR) is 98.9 cm³/mol. The first kappa shape index (κ1) is 16.5. The summed E-state index contributed by atoms with van der Waals surface area (Å²) >= 11 is 7.30. The number of fused-ring (bicyclic) bond motifs is 2. The van der Waals surface area contributed by atoms with Crippen molar-refractivity contribution in [1.82, 2.24) is 0 Å². The minimum Gasteiger partial charge on any atom is -0.367 e. The van der Waals surface area contributed by atoms with E-state index < -0.39 is 20.9 Å². The van der Waals surface area contributed by atoms with Crippen LogP contribution < -0.4 is 0 Å². The fraction of sp³-hybridized carbons (Fsp3) is 0.316. The summed E-state index contributed by atoms with van der Waals surface area (Å²) in [6, 6.07) is 16.0. The summed E-state index contributed by atoms with van der Waals surface area (Å²) in [5.74, 6) is 0.00565. The first-order valence-electron chi connectivity index (χ1n) is 7.67. The van der Waals surface area contributed by atoms with Crippen LogP contribution in [0.25, 0.3) is 0 Å². The predicted octanol–water partition coefficient (Wildman–Crippen LogP) is 3.89. The van der Waals surface area contributed by atoms with Crippen molar-refractivity contribution in [2.24, 2.45) is 0 Å². The van der Waals surface area contributed by atoms with Crippen molar-refractivity contribution in [2.45, 2.75) is 20.9 Å². The molecule has 0 saturated heterocycles. The van der Waals surface area contributed by atoms with E-state index in [-0.39, 0.29) is 5.78 Å². The minimum atomic E-state index is -0.880. The van der Waals surface area contributed by atoms with E-state index in [0.29, 0.717) is 0 Å². The Labute approximate surface area is 157 Å². The summed E-state index contributed by atoms with van der Waals surface area (Å²) in [5, 5.41) is 0. The second-order valence-corrected chi connectivity index (χ2v) is 7.93. The van der Waals surface area contributed by atoms with E-state index in [1.54, 1.807) is 14.2 Å². The van der Waals surface area contributed by atoms with E-state index in [9.17, 15) is 4.79 Å². The number of Topliss-reactive ketones (excluding diaryl/α,β-unsaturated/α-hetero) is 1. The fourth-order valence-electron chi connectivity index (χ4n) is 4.27. The molecule has 0 N–H and O–H groups in total. The number of ether oxygens (including phenoxy) is 2. The molecule has 0 amide bonds. The van der Waals surface area contributed by atoms with Gasteiger partial charge in [0, 0.05) is 14.2 Å². The van der Waals surface area contributed by atoms with Gasteiger partial charge < -0.3 is 9.47 Å². The van der Waals surface area contributed by atoms with Crippen LogP contribution in [0.4, 0.5) is 0 Å². The molecule has 24 heavy (non-hydrogen) atoms. The maximum Gasteiger partial charge on any atom is 0.167 e. The summed E-state index contributed by atoms with van der Waals surface area (Å²) < 4.78 is 12.2. The molecule has 3 aliphatic rings. The Kier molecular flexibility index (Phi) is 3.77. The number of carbonyl (C=O) groups excluding carboxylic acids is 1. The lowest BCUT2D eigenvalue weighted by Crippen LogP contribution is -2.46. The van der Waals surface area contributed by atoms with Gasteiger partial charge in [0.2, 0.25) is 0 Å². The Morgan fingerprint density at radius 3 is 1.29 bits per heavy atom. The van der Waals surface area contributed by atoms with Gasteiger partial charge in [-0.05, 0) is 22.3 Å². The Hall–Kier alpha value is -1.01. The van der Waals surface area contributed by atoms with E-state index in [4.69, 9.17) is 9.47 Å². The van der Waals surface area contributed by atoms with Gasteiger partial charge in [0.25, 0.3) is 0 Å². The van der Waals surface area contributed by atoms with Crippen molar-refractivity contribution < 1.29 is 14.3 Å². The van der Waals surface area contributed by atoms with Crippen LogP contribution in [-0.2, 0) is 25.5 Å². The van der Waals surface area contributed by atoms with Crippen LogP contribution in [0.1, 0.15) is 22.3 Å². The molecular formula is C19H16Br2O3. The summed E-state index contributed by atoms with van der Waals surface area (Å²) in [7, 11) is 3.31. The summed E-state index contributed by atoms with van der Waals surface area (Å²) in [4.78, 5) is 12.2. The molecule has 3 aliphatic carbocycles. The molecule has 0 aromatic heterocycles. The number of alkyl halides is 2. The van der Waals surface area contributed by atoms with Gasteiger partial charge in [-0.25, -0.2) is 0 Å². The molecule has 3 nitrogen and oxygen atoms in total. The molecule has 0 fully saturated rings. The fourth-order valence-corrected chi connectivity index (χ4v) is 6.52. The molecule has 5 heteroatoms. The van der Waals surface area contributed by atoms with Crippen LogP contribution in [0.2, 0.25) is 0 Å². The highest BCUT2D eigenvalue weighted by Crippen LogP contribution is 2.59. The number of carbonyl (C=O) groups is 1. The highest BCUT2D eigenvalue weighted by atomic mass is 79.9. The Bertz CT molecular complexity index is 719. The van der Waals surface area contributed by atoms with Crippen molar-refractivity contribution in [3.63, 3.8) is 0 Å². The van der Waals surface area contributed by atoms with Gasteiger partial charge in [0.05, 0.1) is 0 Å². The first-order chi connectivity index (χ1) is 11.6. The van der Waals surface area contributed by atoms with Gasteiger partial charge in [0.1, 0.15) is 20.9 Å². The Balaban J connectivity index is 2.25. The lowest BCUT2D eigenvalue weighted by molar-refractivity contribution is -0.124. The van der Waals surface area contributed by atoms with E-state index in [2.05, 4.69) is 31.9 Å². The Morgan fingerprint density at radius 2 is 1.04 bits per heavy atom. The molecular weight excluding hydrogens is 436 g/mol. The van der Waals surface area contributed by atoms with Gasteiger partial charge in [-0.3, -0.25) is 4.79 Å². The standard InChI is InChI=1S/C19H16Br2O3/c1-23-18-11-7-3-5-9-13(11)19(24-2,17(21)15(22)16(18)20)14-10-6-4-8-12(14)18/h3-10,16-17H,1-2H3. The maximum atomic E-state index is 13.2. The van der Waals surface area contributed by atoms with Crippen molar-refractivity contribution >= 4 is 37.6 Å². The van der Waals surface area contributed by atoms with Crippen molar-refractivity contribution in [1.29, 1.82) is 0 Å². The molecule has 0 heterocycles. The third-order valence-corrected chi connectivity index (χ3v) is 7.50. The lowest BCUT2D eigenvalue weighted by atomic mass is 9.68. The van der Waals surface area contributed by atoms with Crippen molar-refractivity contribution in [3.8, 4) is 0 Å². The molecule has 5 rings (SSSR count). The number of hydrogen-bond acceptors (Lipinski definition) is 3. The summed E-state index contributed by atoms with van der Waals surface area (Å²) in [5.41, 5.74) is 2.09. The second-order valence-electron chi connectivity index (χ2n) is 6.10. The third kappa shape index (κ3) is 1.66. The summed E-state index contributed by atoms with van der Waals surface area (Å²) in [6.07, 6.45) is 0. The van der Waals surface area contributed by atoms with Crippen LogP contribution in [0.3, 0.4) is 0 Å². The van der Waals surface area contributed by atoms with Gasteiger partial charge in [0.15, 0.2) is 5.78 Å². The second kappa shape index (κ2) is 5.49. The van der Waals surface area contributed by atoms with E-state index in [1.807, 2.05) is 48.5 Å². The van der Waals surface area contributed by atoms with Crippen LogP contribution in [0.15, 0.2) is 48.5 Å². The number of hydrogen-bond donors (Lipinski definition) is 0. The van der Waals surface area contributed by atoms with E-state index in [0.717, 1.165) is 22.3 Å². The summed E-state index contributed by atoms with van der Waals surface area (Å²) in [6.45, 7) is 0. The molecule has 2 bridgehead atoms. The van der Waals surface area contributed by atoms with Gasteiger partial charge >= 0.3 is 0 Å². The molecule has 2 unspecified atom stereocenters. The number of ketones is 1. The molecule has 2 aromatic carbocycles. The maximum absolute atomic E-state index is 13.2. The SMILES string of the molecule is COC12c3ccccc3C(OC)(c3ccccc31)C(Br)C(=O)C2Br. The van der Waals surface area contributed by atoms with Crippen molar-refractivity contribution in [3.05, 3.63) is 70.8 Å². The first-order valence-corrected chi connectivity index (χ1v) is 9.51. The average Bonchev–Trinajstić information content (AvgIpc) is 2.73. The highest BCUT2D eigenvalue weighted by Gasteiger charge is 2.64. The quantitative estimate of drug-likeness (QED) is 0.649. The zero-order chi connectivity index (χ0) is 17.1. The molecule has 0 spiro atoms.